The summed E-state index contributed by atoms with van der Waals surface area (Å²) in [6.07, 6.45) is 6.91. The highest BCUT2D eigenvalue weighted by Gasteiger charge is 2.46. The van der Waals surface area contributed by atoms with Crippen LogP contribution in [0.2, 0.25) is 0 Å². The van der Waals surface area contributed by atoms with Crippen molar-refractivity contribution in [1.82, 2.24) is 4.90 Å². The van der Waals surface area contributed by atoms with E-state index in [9.17, 15) is 8.42 Å². The van der Waals surface area contributed by atoms with E-state index >= 15 is 0 Å². The molecule has 2 fully saturated rings. The second kappa shape index (κ2) is 5.70. The maximum absolute atomic E-state index is 11.8. The van der Waals surface area contributed by atoms with Crippen LogP contribution in [0.5, 0.6) is 0 Å². The first kappa shape index (κ1) is 15.3. The molecule has 1 unspecified atom stereocenters. The van der Waals surface area contributed by atoms with E-state index in [0.717, 1.165) is 5.92 Å². The molecule has 0 bridgehead atoms. The van der Waals surface area contributed by atoms with Gasteiger partial charge in [0.15, 0.2) is 9.84 Å². The molecule has 0 spiro atoms. The van der Waals surface area contributed by atoms with E-state index in [1.807, 2.05) is 0 Å². The van der Waals surface area contributed by atoms with Crippen LogP contribution < -0.4 is 5.73 Å². The van der Waals surface area contributed by atoms with Crippen molar-refractivity contribution < 1.29 is 8.42 Å². The first-order valence-electron chi connectivity index (χ1n) is 7.56. The largest absolute Gasteiger partial charge is 0.329 e. The Morgan fingerprint density at radius 2 is 1.89 bits per heavy atom. The molecule has 2 N–H and O–H groups in total. The van der Waals surface area contributed by atoms with Gasteiger partial charge in [-0.15, -0.1) is 0 Å². The normalized spacial score (nSPS) is 38.7. The lowest BCUT2D eigenvalue weighted by molar-refractivity contribution is 0.0648. The van der Waals surface area contributed by atoms with E-state index in [0.29, 0.717) is 24.8 Å². The molecule has 0 radical (unpaired) electrons. The molecule has 0 aromatic carbocycles. The quantitative estimate of drug-likeness (QED) is 0.849. The monoisotopic (exact) mass is 288 g/mol. The van der Waals surface area contributed by atoms with Gasteiger partial charge in [-0.3, -0.25) is 4.90 Å². The lowest BCUT2D eigenvalue weighted by Gasteiger charge is -2.44. The van der Waals surface area contributed by atoms with Crippen molar-refractivity contribution in [3.05, 3.63) is 0 Å². The van der Waals surface area contributed by atoms with Crippen LogP contribution in [0.3, 0.4) is 0 Å². The Balaban J connectivity index is 2.04. The third-order valence-corrected chi connectivity index (χ3v) is 7.24. The molecular formula is C14H28N2O2S. The average Bonchev–Trinajstić information content (AvgIpc) is 2.75. The van der Waals surface area contributed by atoms with Crippen molar-refractivity contribution in [2.45, 2.75) is 57.0 Å². The third-order valence-electron chi connectivity index (χ3n) is 5.44. The zero-order valence-electron chi connectivity index (χ0n) is 12.3. The smallest absolute Gasteiger partial charge is 0.152 e. The highest BCUT2D eigenvalue weighted by molar-refractivity contribution is 7.91. The summed E-state index contributed by atoms with van der Waals surface area (Å²) in [6.45, 7) is 2.72. The molecule has 0 aromatic rings. The first-order valence-corrected chi connectivity index (χ1v) is 9.38. The predicted molar refractivity (Wildman–Crippen MR) is 78.9 cm³/mol. The molecule has 1 atom stereocenters. The second-order valence-electron chi connectivity index (χ2n) is 6.46. The van der Waals surface area contributed by atoms with Gasteiger partial charge in [0.1, 0.15) is 0 Å². The zero-order chi connectivity index (χ0) is 14.1. The van der Waals surface area contributed by atoms with E-state index in [1.54, 1.807) is 0 Å². The van der Waals surface area contributed by atoms with Crippen molar-refractivity contribution in [3.8, 4) is 0 Å². The van der Waals surface area contributed by atoms with E-state index in [4.69, 9.17) is 5.73 Å². The molecule has 1 saturated carbocycles. The zero-order valence-corrected chi connectivity index (χ0v) is 13.1. The Morgan fingerprint density at radius 1 is 1.26 bits per heavy atom. The minimum Gasteiger partial charge on any atom is -0.329 e. The number of sulfone groups is 1. The van der Waals surface area contributed by atoms with E-state index in [1.165, 1.54) is 32.1 Å². The fourth-order valence-corrected chi connectivity index (χ4v) is 5.93. The van der Waals surface area contributed by atoms with Crippen molar-refractivity contribution in [1.29, 1.82) is 0 Å². The van der Waals surface area contributed by atoms with Crippen LogP contribution in [0.1, 0.15) is 45.4 Å². The summed E-state index contributed by atoms with van der Waals surface area (Å²) >= 11 is 0. The van der Waals surface area contributed by atoms with Gasteiger partial charge < -0.3 is 5.73 Å². The van der Waals surface area contributed by atoms with Crippen LogP contribution in [0.25, 0.3) is 0 Å². The van der Waals surface area contributed by atoms with Crippen molar-refractivity contribution >= 4 is 9.84 Å². The van der Waals surface area contributed by atoms with Crippen LogP contribution in [0.15, 0.2) is 0 Å². The fourth-order valence-electron chi connectivity index (χ4n) is 3.81. The second-order valence-corrected chi connectivity index (χ2v) is 8.65. The van der Waals surface area contributed by atoms with Crippen LogP contribution in [0.4, 0.5) is 0 Å². The summed E-state index contributed by atoms with van der Waals surface area (Å²) in [6, 6.07) is 0.514. The average molecular weight is 288 g/mol. The maximum atomic E-state index is 11.8. The van der Waals surface area contributed by atoms with Gasteiger partial charge in [0.05, 0.1) is 11.5 Å². The summed E-state index contributed by atoms with van der Waals surface area (Å²) in [5.41, 5.74) is 5.64. The molecule has 1 heterocycles. The first-order chi connectivity index (χ1) is 8.92. The molecule has 1 saturated heterocycles. The van der Waals surface area contributed by atoms with Crippen molar-refractivity contribution in [2.24, 2.45) is 11.7 Å². The van der Waals surface area contributed by atoms with Crippen LogP contribution in [0, 0.1) is 5.92 Å². The van der Waals surface area contributed by atoms with Crippen LogP contribution in [-0.2, 0) is 9.84 Å². The molecular weight excluding hydrogens is 260 g/mol. The van der Waals surface area contributed by atoms with Crippen molar-refractivity contribution in [2.75, 3.05) is 25.1 Å². The van der Waals surface area contributed by atoms with Gasteiger partial charge >= 0.3 is 0 Å². The van der Waals surface area contributed by atoms with Gasteiger partial charge in [0, 0.05) is 18.1 Å². The highest BCUT2D eigenvalue weighted by Crippen LogP contribution is 2.35. The van der Waals surface area contributed by atoms with E-state index in [2.05, 4.69) is 18.9 Å². The standard InChI is InChI=1S/C14H28N2O2S/c1-3-12-4-6-13(7-5-12)16(2)14(10-15)8-9-19(17,18)11-14/h12-13H,3-11,15H2,1-2H3. The summed E-state index contributed by atoms with van der Waals surface area (Å²) in [5.74, 6) is 1.42. The van der Waals surface area contributed by atoms with Gasteiger partial charge in [-0.05, 0) is 45.1 Å². The molecule has 5 heteroatoms. The predicted octanol–water partition coefficient (Wildman–Crippen LogP) is 1.40. The maximum Gasteiger partial charge on any atom is 0.152 e. The van der Waals surface area contributed by atoms with Gasteiger partial charge in [-0.1, -0.05) is 13.3 Å². The van der Waals surface area contributed by atoms with Gasteiger partial charge in [-0.2, -0.15) is 0 Å². The number of hydrogen-bond donors (Lipinski definition) is 1. The van der Waals surface area contributed by atoms with E-state index in [-0.39, 0.29) is 11.3 Å². The lowest BCUT2D eigenvalue weighted by Crippen LogP contribution is -2.57. The number of nitrogens with two attached hydrogens (primary N) is 1. The summed E-state index contributed by atoms with van der Waals surface area (Å²) in [5, 5.41) is 0. The number of nitrogens with zero attached hydrogens (tertiary/aromatic N) is 1. The summed E-state index contributed by atoms with van der Waals surface area (Å²) in [4.78, 5) is 2.31. The van der Waals surface area contributed by atoms with Gasteiger partial charge in [0.2, 0.25) is 0 Å². The molecule has 4 nitrogen and oxygen atoms in total. The van der Waals surface area contributed by atoms with Crippen LogP contribution >= 0.6 is 0 Å². The number of likely N-dealkylation sites (N-methyl/N-ethyl adjacent to an activating group) is 1. The summed E-state index contributed by atoms with van der Waals surface area (Å²) < 4.78 is 23.6. The minimum atomic E-state index is -2.89. The molecule has 1 aliphatic heterocycles. The Labute approximate surface area is 117 Å². The number of rotatable bonds is 4. The lowest BCUT2D eigenvalue weighted by atomic mass is 9.82. The summed E-state index contributed by atoms with van der Waals surface area (Å²) in [7, 11) is -0.799. The molecule has 0 amide bonds. The fraction of sp³-hybridized carbons (Fsp3) is 1.00. The topological polar surface area (TPSA) is 63.4 Å². The SMILES string of the molecule is CCC1CCC(N(C)C2(CN)CCS(=O)(=O)C2)CC1. The Kier molecular flexibility index (Phi) is 4.58. The Morgan fingerprint density at radius 3 is 2.32 bits per heavy atom. The Hall–Kier alpha value is -0.130. The van der Waals surface area contributed by atoms with Gasteiger partial charge in [0.25, 0.3) is 0 Å². The minimum absolute atomic E-state index is 0.251. The number of hydrogen-bond acceptors (Lipinski definition) is 4. The third kappa shape index (κ3) is 3.14. The van der Waals surface area contributed by atoms with Gasteiger partial charge in [-0.25, -0.2) is 8.42 Å². The van der Waals surface area contributed by atoms with Crippen molar-refractivity contribution in [3.63, 3.8) is 0 Å². The molecule has 1 aliphatic carbocycles. The molecule has 0 aromatic heterocycles. The molecule has 112 valence electrons. The van der Waals surface area contributed by atoms with E-state index < -0.39 is 9.84 Å². The molecule has 2 rings (SSSR count). The van der Waals surface area contributed by atoms with Crippen LogP contribution in [-0.4, -0.2) is 50.0 Å². The molecule has 2 aliphatic rings. The molecule has 19 heavy (non-hydrogen) atoms. The highest BCUT2D eigenvalue weighted by atomic mass is 32.2. The Bertz CT molecular complexity index is 402.